The molecule has 2 N–H and O–H groups in total. The maximum atomic E-state index is 14.4. The van der Waals surface area contributed by atoms with Crippen molar-refractivity contribution in [2.75, 3.05) is 12.4 Å². The zero-order valence-electron chi connectivity index (χ0n) is 15.3. The van der Waals surface area contributed by atoms with E-state index in [1.54, 1.807) is 36.5 Å². The summed E-state index contributed by atoms with van der Waals surface area (Å²) in [5.74, 6) is -0.00436. The van der Waals surface area contributed by atoms with E-state index in [-0.39, 0.29) is 11.5 Å². The molecule has 140 valence electrons. The Kier molecular flexibility index (Phi) is 4.49. The average Bonchev–Trinajstić information content (AvgIpc) is 3.10. The van der Waals surface area contributed by atoms with Gasteiger partial charge in [-0.3, -0.25) is 14.9 Å². The van der Waals surface area contributed by atoms with Crippen molar-refractivity contribution in [1.29, 1.82) is 0 Å². The number of halogens is 1. The van der Waals surface area contributed by atoms with Gasteiger partial charge in [0, 0.05) is 10.9 Å². The first-order valence-electron chi connectivity index (χ1n) is 8.62. The molecule has 0 aliphatic carbocycles. The van der Waals surface area contributed by atoms with Crippen LogP contribution in [0.5, 0.6) is 5.75 Å². The molecule has 6 nitrogen and oxygen atoms in total. The third-order valence-corrected chi connectivity index (χ3v) is 4.44. The van der Waals surface area contributed by atoms with Crippen LogP contribution in [0, 0.1) is 12.7 Å². The van der Waals surface area contributed by atoms with Gasteiger partial charge in [-0.2, -0.15) is 5.10 Å². The fourth-order valence-corrected chi connectivity index (χ4v) is 2.96. The van der Waals surface area contributed by atoms with Crippen LogP contribution in [0.1, 0.15) is 15.9 Å². The molecule has 0 bridgehead atoms. The number of methoxy groups -OCH3 is 1. The summed E-state index contributed by atoms with van der Waals surface area (Å²) in [6.07, 6.45) is 1.55. The number of ether oxygens (including phenoxy) is 1. The zero-order valence-corrected chi connectivity index (χ0v) is 15.3. The van der Waals surface area contributed by atoms with E-state index in [9.17, 15) is 9.18 Å². The smallest absolute Gasteiger partial charge is 0.256 e. The number of H-pyrrole nitrogens is 1. The topological polar surface area (TPSA) is 79.9 Å². The summed E-state index contributed by atoms with van der Waals surface area (Å²) in [6.45, 7) is 1.95. The molecule has 0 aliphatic heterocycles. The maximum Gasteiger partial charge on any atom is 0.256 e. The lowest BCUT2D eigenvalue weighted by Gasteiger charge is -2.09. The number of hydrogen-bond donors (Lipinski definition) is 2. The van der Waals surface area contributed by atoms with Crippen LogP contribution in [0.15, 0.2) is 54.7 Å². The van der Waals surface area contributed by atoms with Crippen LogP contribution in [-0.2, 0) is 0 Å². The number of aromatic nitrogens is 3. The Balaban J connectivity index is 1.73. The van der Waals surface area contributed by atoms with Crippen molar-refractivity contribution in [2.45, 2.75) is 6.92 Å². The molecule has 0 radical (unpaired) electrons. The van der Waals surface area contributed by atoms with Crippen LogP contribution in [0.2, 0.25) is 0 Å². The van der Waals surface area contributed by atoms with E-state index in [1.807, 2.05) is 19.1 Å². The molecular formula is C21H17FN4O2. The molecule has 0 atom stereocenters. The number of aromatic amines is 1. The van der Waals surface area contributed by atoms with E-state index in [2.05, 4.69) is 20.5 Å². The number of hydrogen-bond acceptors (Lipinski definition) is 4. The Hall–Kier alpha value is -3.74. The number of nitrogens with zero attached hydrogens (tertiary/aromatic N) is 2. The van der Waals surface area contributed by atoms with Gasteiger partial charge in [0.2, 0.25) is 0 Å². The molecule has 2 aromatic heterocycles. The molecule has 0 spiro atoms. The molecule has 1 amide bonds. The lowest BCUT2D eigenvalue weighted by molar-refractivity contribution is 0.102. The number of benzene rings is 2. The lowest BCUT2D eigenvalue weighted by Crippen LogP contribution is -2.12. The molecule has 0 fully saturated rings. The second-order valence-corrected chi connectivity index (χ2v) is 6.32. The van der Waals surface area contributed by atoms with E-state index in [0.717, 1.165) is 5.56 Å². The van der Waals surface area contributed by atoms with Crippen LogP contribution >= 0.6 is 0 Å². The summed E-state index contributed by atoms with van der Waals surface area (Å²) in [4.78, 5) is 16.8. The molecular weight excluding hydrogens is 359 g/mol. The van der Waals surface area contributed by atoms with Gasteiger partial charge >= 0.3 is 0 Å². The standard InChI is InChI=1S/C21H17FN4O2/c1-12-6-8-13(9-7-12)21(27)24-20-14-10-16(23-11-17(14)25-26-20)19-15(22)4-3-5-18(19)28-2/h3-11H,1-2H3,(H2,24,25,26,27). The number of aryl methyl sites for hydroxylation is 1. The first kappa shape index (κ1) is 17.7. The van der Waals surface area contributed by atoms with Crippen molar-refractivity contribution in [2.24, 2.45) is 0 Å². The summed E-state index contributed by atoms with van der Waals surface area (Å²) in [7, 11) is 1.47. The fraction of sp³-hybridized carbons (Fsp3) is 0.0952. The Labute approximate surface area is 160 Å². The fourth-order valence-electron chi connectivity index (χ4n) is 2.96. The third kappa shape index (κ3) is 3.18. The van der Waals surface area contributed by atoms with Crippen LogP contribution in [0.3, 0.4) is 0 Å². The lowest BCUT2D eigenvalue weighted by atomic mass is 10.1. The maximum absolute atomic E-state index is 14.4. The number of amides is 1. The highest BCUT2D eigenvalue weighted by Crippen LogP contribution is 2.33. The highest BCUT2D eigenvalue weighted by molar-refractivity contribution is 6.08. The number of fused-ring (bicyclic) bond motifs is 1. The molecule has 0 aliphatic rings. The number of pyridine rings is 1. The number of anilines is 1. The quantitative estimate of drug-likeness (QED) is 0.555. The highest BCUT2D eigenvalue weighted by Gasteiger charge is 2.17. The summed E-state index contributed by atoms with van der Waals surface area (Å²) >= 11 is 0. The van der Waals surface area contributed by atoms with E-state index in [4.69, 9.17) is 4.74 Å². The van der Waals surface area contributed by atoms with Crippen LogP contribution in [0.4, 0.5) is 10.2 Å². The largest absolute Gasteiger partial charge is 0.496 e. The minimum Gasteiger partial charge on any atom is -0.496 e. The Morgan fingerprint density at radius 3 is 2.71 bits per heavy atom. The van der Waals surface area contributed by atoms with Crippen molar-refractivity contribution in [3.8, 4) is 17.0 Å². The van der Waals surface area contributed by atoms with E-state index >= 15 is 0 Å². The second-order valence-electron chi connectivity index (χ2n) is 6.32. The summed E-state index contributed by atoms with van der Waals surface area (Å²) in [5, 5.41) is 10.4. The van der Waals surface area contributed by atoms with Crippen molar-refractivity contribution < 1.29 is 13.9 Å². The summed E-state index contributed by atoms with van der Waals surface area (Å²) in [5.41, 5.74) is 2.85. The van der Waals surface area contributed by atoms with Crippen molar-refractivity contribution in [3.05, 3.63) is 71.7 Å². The summed E-state index contributed by atoms with van der Waals surface area (Å²) in [6, 6.07) is 13.5. The van der Waals surface area contributed by atoms with Crippen molar-refractivity contribution in [1.82, 2.24) is 15.2 Å². The molecule has 0 saturated carbocycles. The van der Waals surface area contributed by atoms with Crippen LogP contribution < -0.4 is 10.1 Å². The van der Waals surface area contributed by atoms with E-state index in [1.165, 1.54) is 13.2 Å². The molecule has 0 saturated heterocycles. The van der Waals surface area contributed by atoms with Gasteiger partial charge in [0.05, 0.1) is 30.1 Å². The molecule has 4 rings (SSSR count). The first-order chi connectivity index (χ1) is 13.6. The SMILES string of the molecule is COc1cccc(F)c1-c1cc2c(NC(=O)c3ccc(C)cc3)n[nH]c2cn1. The second kappa shape index (κ2) is 7.11. The van der Waals surface area contributed by atoms with E-state index < -0.39 is 5.82 Å². The van der Waals surface area contributed by atoms with Crippen LogP contribution in [-0.4, -0.2) is 28.2 Å². The molecule has 2 heterocycles. The van der Waals surface area contributed by atoms with Gasteiger partial charge in [-0.05, 0) is 37.3 Å². The number of nitrogens with one attached hydrogen (secondary N) is 2. The molecule has 0 unspecified atom stereocenters. The zero-order chi connectivity index (χ0) is 19.7. The van der Waals surface area contributed by atoms with Crippen molar-refractivity contribution >= 4 is 22.6 Å². The van der Waals surface area contributed by atoms with Gasteiger partial charge in [0.25, 0.3) is 5.91 Å². The summed E-state index contributed by atoms with van der Waals surface area (Å²) < 4.78 is 19.7. The molecule has 7 heteroatoms. The van der Waals surface area contributed by atoms with Gasteiger partial charge in [0.1, 0.15) is 11.6 Å². The van der Waals surface area contributed by atoms with E-state index in [0.29, 0.717) is 33.7 Å². The Morgan fingerprint density at radius 2 is 1.96 bits per heavy atom. The molecule has 4 aromatic rings. The molecule has 28 heavy (non-hydrogen) atoms. The third-order valence-electron chi connectivity index (χ3n) is 4.44. The monoisotopic (exact) mass is 376 g/mol. The average molecular weight is 376 g/mol. The van der Waals surface area contributed by atoms with Gasteiger partial charge in [-0.1, -0.05) is 23.8 Å². The highest BCUT2D eigenvalue weighted by atomic mass is 19.1. The van der Waals surface area contributed by atoms with Gasteiger partial charge in [-0.15, -0.1) is 0 Å². The Bertz CT molecular complexity index is 1170. The van der Waals surface area contributed by atoms with Gasteiger partial charge in [0.15, 0.2) is 5.82 Å². The predicted molar refractivity (Wildman–Crippen MR) is 105 cm³/mol. The number of carbonyl (C=O) groups excluding carboxylic acids is 1. The first-order valence-corrected chi connectivity index (χ1v) is 8.62. The van der Waals surface area contributed by atoms with Crippen molar-refractivity contribution in [3.63, 3.8) is 0 Å². The number of carbonyl (C=O) groups is 1. The number of rotatable bonds is 4. The minimum absolute atomic E-state index is 0.254. The predicted octanol–water partition coefficient (Wildman–Crippen LogP) is 4.33. The normalized spacial score (nSPS) is 10.8. The van der Waals surface area contributed by atoms with Gasteiger partial charge < -0.3 is 10.1 Å². The van der Waals surface area contributed by atoms with Crippen LogP contribution in [0.25, 0.3) is 22.2 Å². The molecule has 2 aromatic carbocycles. The Morgan fingerprint density at radius 1 is 1.18 bits per heavy atom. The van der Waals surface area contributed by atoms with Gasteiger partial charge in [-0.25, -0.2) is 4.39 Å². The minimum atomic E-state index is -0.445.